The van der Waals surface area contributed by atoms with Gasteiger partial charge < -0.3 is 13.8 Å². The minimum Gasteiger partial charge on any atom is -0.418 e. The lowest BCUT2D eigenvalue weighted by Crippen LogP contribution is -1.84. The van der Waals surface area contributed by atoms with E-state index in [2.05, 4.69) is 14.7 Å². The highest BCUT2D eigenvalue weighted by atomic mass is 31.1. The van der Waals surface area contributed by atoms with E-state index in [1.54, 1.807) is 0 Å². The summed E-state index contributed by atoms with van der Waals surface area (Å²) in [4.78, 5) is 8.50. The van der Waals surface area contributed by atoms with E-state index in [4.69, 9.17) is 9.31 Å². The van der Waals surface area contributed by atoms with E-state index in [9.17, 15) is 4.57 Å². The average molecular weight is 254 g/mol. The number of hydrogen-bond donors (Lipinski definition) is 1. The molecule has 0 bridgehead atoms. The molecular formula is C10H11N2O4P. The van der Waals surface area contributed by atoms with Crippen molar-refractivity contribution < 1.29 is 18.4 Å². The summed E-state index contributed by atoms with van der Waals surface area (Å²) in [7, 11) is -2.97. The summed E-state index contributed by atoms with van der Waals surface area (Å²) in [6.07, 6.45) is 0. The molecule has 2 aromatic rings. The van der Waals surface area contributed by atoms with Crippen LogP contribution in [0.2, 0.25) is 0 Å². The maximum Gasteiger partial charge on any atom is 0.317 e. The molecule has 1 atom stereocenters. The highest BCUT2D eigenvalue weighted by Gasteiger charge is 2.08. The summed E-state index contributed by atoms with van der Waals surface area (Å²) >= 11 is 0. The van der Waals surface area contributed by atoms with Gasteiger partial charge in [-0.25, -0.2) is 0 Å². The Morgan fingerprint density at radius 1 is 1.35 bits per heavy atom. The van der Waals surface area contributed by atoms with Crippen LogP contribution in [0.3, 0.4) is 0 Å². The van der Waals surface area contributed by atoms with Crippen molar-refractivity contribution in [2.45, 2.75) is 13.5 Å². The number of nitrogens with zero attached hydrogens (tertiary/aromatic N) is 2. The summed E-state index contributed by atoms with van der Waals surface area (Å²) in [5.41, 5.74) is 1.93. The normalized spacial score (nSPS) is 12.6. The van der Waals surface area contributed by atoms with Crippen molar-refractivity contribution in [2.24, 2.45) is 0 Å². The van der Waals surface area contributed by atoms with Gasteiger partial charge in [-0.1, -0.05) is 17.7 Å². The van der Waals surface area contributed by atoms with Crippen molar-refractivity contribution in [1.82, 2.24) is 10.2 Å². The molecule has 0 aliphatic carbocycles. The first-order valence-electron chi connectivity index (χ1n) is 4.90. The van der Waals surface area contributed by atoms with Crippen LogP contribution in [-0.4, -0.2) is 15.1 Å². The molecular weight excluding hydrogens is 243 g/mol. The Kier molecular flexibility index (Phi) is 3.68. The van der Waals surface area contributed by atoms with Crippen LogP contribution in [0.25, 0.3) is 11.5 Å². The lowest BCUT2D eigenvalue weighted by molar-refractivity contribution is 0.242. The molecule has 1 heterocycles. The Morgan fingerprint density at radius 3 is 2.71 bits per heavy atom. The van der Waals surface area contributed by atoms with E-state index in [-0.39, 0.29) is 12.5 Å². The van der Waals surface area contributed by atoms with Gasteiger partial charge in [-0.05, 0) is 19.1 Å². The lowest BCUT2D eigenvalue weighted by Gasteiger charge is -1.95. The third-order valence-electron chi connectivity index (χ3n) is 2.08. The van der Waals surface area contributed by atoms with Crippen LogP contribution in [0.5, 0.6) is 0 Å². The predicted octanol–water partition coefficient (Wildman–Crippen LogP) is 1.94. The fourth-order valence-corrected chi connectivity index (χ4v) is 1.50. The van der Waals surface area contributed by atoms with Gasteiger partial charge in [-0.15, -0.1) is 10.2 Å². The number of benzene rings is 1. The molecule has 1 N–H and O–H groups in total. The van der Waals surface area contributed by atoms with Gasteiger partial charge in [0, 0.05) is 5.56 Å². The van der Waals surface area contributed by atoms with Crippen LogP contribution in [0.15, 0.2) is 28.7 Å². The first-order chi connectivity index (χ1) is 8.15. The van der Waals surface area contributed by atoms with Crippen molar-refractivity contribution >= 4 is 8.25 Å². The van der Waals surface area contributed by atoms with Crippen LogP contribution in [0, 0.1) is 6.92 Å². The smallest absolute Gasteiger partial charge is 0.317 e. The van der Waals surface area contributed by atoms with Gasteiger partial charge in [0.05, 0.1) is 0 Å². The molecule has 1 aromatic heterocycles. The topological polar surface area (TPSA) is 85.5 Å². The van der Waals surface area contributed by atoms with Gasteiger partial charge in [0.2, 0.25) is 11.8 Å². The molecule has 0 amide bonds. The Balaban J connectivity index is 2.12. The van der Waals surface area contributed by atoms with E-state index < -0.39 is 8.25 Å². The van der Waals surface area contributed by atoms with Gasteiger partial charge in [-0.2, -0.15) is 0 Å². The largest absolute Gasteiger partial charge is 0.418 e. The Morgan fingerprint density at radius 2 is 2.06 bits per heavy atom. The van der Waals surface area contributed by atoms with Gasteiger partial charge in [-0.3, -0.25) is 4.57 Å². The zero-order valence-corrected chi connectivity index (χ0v) is 10.1. The maximum absolute atomic E-state index is 10.4. The molecule has 0 fully saturated rings. The quantitative estimate of drug-likeness (QED) is 0.839. The molecule has 0 spiro atoms. The van der Waals surface area contributed by atoms with Crippen LogP contribution < -0.4 is 0 Å². The molecule has 1 aromatic carbocycles. The van der Waals surface area contributed by atoms with E-state index >= 15 is 0 Å². The highest BCUT2D eigenvalue weighted by molar-refractivity contribution is 7.32. The van der Waals surface area contributed by atoms with E-state index in [1.807, 2.05) is 31.2 Å². The highest BCUT2D eigenvalue weighted by Crippen LogP contribution is 2.21. The number of aryl methyl sites for hydroxylation is 1. The van der Waals surface area contributed by atoms with Crippen molar-refractivity contribution in [1.29, 1.82) is 0 Å². The van der Waals surface area contributed by atoms with Crippen molar-refractivity contribution in [3.05, 3.63) is 35.7 Å². The van der Waals surface area contributed by atoms with Crippen LogP contribution >= 0.6 is 8.25 Å². The summed E-state index contributed by atoms with van der Waals surface area (Å²) in [5.74, 6) is 0.536. The first kappa shape index (κ1) is 12.0. The second kappa shape index (κ2) is 5.23. The minimum absolute atomic E-state index is 0.160. The van der Waals surface area contributed by atoms with Crippen LogP contribution in [0.1, 0.15) is 11.5 Å². The summed E-state index contributed by atoms with van der Waals surface area (Å²) in [6.45, 7) is 1.82. The summed E-state index contributed by atoms with van der Waals surface area (Å²) in [5, 5.41) is 7.54. The molecule has 2 rings (SSSR count). The SMILES string of the molecule is Cc1ccc(-c2nnc(CO[PH](=O)O)o2)cc1. The molecule has 17 heavy (non-hydrogen) atoms. The molecule has 0 radical (unpaired) electrons. The van der Waals surface area contributed by atoms with Crippen molar-refractivity contribution in [3.63, 3.8) is 0 Å². The maximum atomic E-state index is 10.4. The van der Waals surface area contributed by atoms with Gasteiger partial charge in [0.15, 0.2) is 0 Å². The van der Waals surface area contributed by atoms with Gasteiger partial charge >= 0.3 is 8.25 Å². The molecule has 0 aliphatic heterocycles. The third kappa shape index (κ3) is 3.23. The summed E-state index contributed by atoms with van der Waals surface area (Å²) in [6, 6.07) is 7.59. The second-order valence-corrected chi connectivity index (χ2v) is 4.24. The van der Waals surface area contributed by atoms with E-state index in [0.29, 0.717) is 5.89 Å². The second-order valence-electron chi connectivity index (χ2n) is 3.42. The fourth-order valence-electron chi connectivity index (χ4n) is 1.25. The molecule has 0 saturated carbocycles. The molecule has 1 unspecified atom stereocenters. The van der Waals surface area contributed by atoms with E-state index in [1.165, 1.54) is 0 Å². The standard InChI is InChI=1S/C10H11N2O4P/c1-7-2-4-8(5-3-7)10-12-11-9(16-10)6-15-17(13)14/h2-5,17H,6H2,1H3,(H,13,14). The van der Waals surface area contributed by atoms with Crippen LogP contribution in [0.4, 0.5) is 0 Å². The Bertz CT molecular complexity index is 523. The van der Waals surface area contributed by atoms with Gasteiger partial charge in [0.25, 0.3) is 0 Å². The number of aromatic nitrogens is 2. The van der Waals surface area contributed by atoms with E-state index in [0.717, 1.165) is 11.1 Å². The monoisotopic (exact) mass is 254 g/mol. The summed E-state index contributed by atoms with van der Waals surface area (Å²) < 4.78 is 20.1. The van der Waals surface area contributed by atoms with Crippen molar-refractivity contribution in [3.8, 4) is 11.5 Å². The number of hydrogen-bond acceptors (Lipinski definition) is 5. The lowest BCUT2D eigenvalue weighted by atomic mass is 10.1. The van der Waals surface area contributed by atoms with Gasteiger partial charge in [0.1, 0.15) is 6.61 Å². The Hall–Kier alpha value is -1.49. The van der Waals surface area contributed by atoms with Crippen molar-refractivity contribution in [2.75, 3.05) is 0 Å². The zero-order valence-electron chi connectivity index (χ0n) is 9.08. The molecule has 0 saturated heterocycles. The molecule has 90 valence electrons. The predicted molar refractivity (Wildman–Crippen MR) is 60.5 cm³/mol. The molecule has 6 nitrogen and oxygen atoms in total. The molecule has 7 heteroatoms. The molecule has 0 aliphatic rings. The van der Waals surface area contributed by atoms with Crippen LogP contribution in [-0.2, 0) is 15.7 Å². The minimum atomic E-state index is -2.97. The zero-order chi connectivity index (χ0) is 12.3. The first-order valence-corrected chi connectivity index (χ1v) is 6.16. The average Bonchev–Trinajstić information content (AvgIpc) is 2.76. The number of rotatable bonds is 4. The fraction of sp³-hybridized carbons (Fsp3) is 0.200. The Labute approximate surface area is 98.2 Å². The third-order valence-corrected chi connectivity index (χ3v) is 2.48.